The third kappa shape index (κ3) is 2.95. The topological polar surface area (TPSA) is 21.3 Å². The molecule has 0 unspecified atom stereocenters. The van der Waals surface area contributed by atoms with E-state index in [1.165, 1.54) is 25.0 Å². The van der Waals surface area contributed by atoms with Crippen molar-refractivity contribution in [3.05, 3.63) is 11.1 Å². The summed E-state index contributed by atoms with van der Waals surface area (Å²) in [4.78, 5) is 0. The van der Waals surface area contributed by atoms with E-state index in [1.54, 1.807) is 12.7 Å². The highest BCUT2D eigenvalue weighted by Crippen LogP contribution is 2.15. The van der Waals surface area contributed by atoms with Gasteiger partial charge in [0.1, 0.15) is 0 Å². The average molecular weight is 169 g/mol. The van der Waals surface area contributed by atoms with Crippen molar-refractivity contribution < 1.29 is 4.74 Å². The van der Waals surface area contributed by atoms with Gasteiger partial charge in [-0.1, -0.05) is 11.1 Å². The Balaban J connectivity index is 2.37. The molecule has 12 heavy (non-hydrogen) atoms. The Labute approximate surface area is 75.0 Å². The van der Waals surface area contributed by atoms with E-state index < -0.39 is 0 Å². The second kappa shape index (κ2) is 5.33. The third-order valence-corrected chi connectivity index (χ3v) is 2.46. The summed E-state index contributed by atoms with van der Waals surface area (Å²) in [6.45, 7) is 5.35. The molecule has 0 bridgehead atoms. The normalized spacial score (nSPS) is 22.5. The molecule has 0 amide bonds. The van der Waals surface area contributed by atoms with Gasteiger partial charge >= 0.3 is 0 Å². The lowest BCUT2D eigenvalue weighted by atomic mass is 9.99. The van der Waals surface area contributed by atoms with Gasteiger partial charge in [-0.15, -0.1) is 0 Å². The summed E-state index contributed by atoms with van der Waals surface area (Å²) < 4.78 is 5.05. The molecule has 0 spiro atoms. The fourth-order valence-electron chi connectivity index (χ4n) is 1.55. The highest BCUT2D eigenvalue weighted by molar-refractivity contribution is 5.15. The molecule has 1 N–H and O–H groups in total. The molecule has 1 fully saturated rings. The van der Waals surface area contributed by atoms with Gasteiger partial charge in [-0.3, -0.25) is 0 Å². The van der Waals surface area contributed by atoms with Gasteiger partial charge in [-0.25, -0.2) is 0 Å². The summed E-state index contributed by atoms with van der Waals surface area (Å²) in [6, 6.07) is 0. The van der Waals surface area contributed by atoms with E-state index in [2.05, 4.69) is 12.2 Å². The molecular weight excluding hydrogens is 150 g/mol. The third-order valence-electron chi connectivity index (χ3n) is 2.46. The zero-order valence-corrected chi connectivity index (χ0v) is 8.15. The zero-order chi connectivity index (χ0) is 8.81. The molecule has 2 heteroatoms. The van der Waals surface area contributed by atoms with Gasteiger partial charge < -0.3 is 10.1 Å². The van der Waals surface area contributed by atoms with Gasteiger partial charge in [0, 0.05) is 20.3 Å². The van der Waals surface area contributed by atoms with Crippen LogP contribution in [0.4, 0.5) is 0 Å². The first-order chi connectivity index (χ1) is 5.84. The predicted molar refractivity (Wildman–Crippen MR) is 51.3 cm³/mol. The first kappa shape index (κ1) is 9.75. The van der Waals surface area contributed by atoms with Crippen molar-refractivity contribution in [3.8, 4) is 0 Å². The molecule has 0 saturated carbocycles. The van der Waals surface area contributed by atoms with E-state index in [0.29, 0.717) is 0 Å². The average Bonchev–Trinajstić information content (AvgIpc) is 2.15. The molecule has 0 radical (unpaired) electrons. The van der Waals surface area contributed by atoms with Crippen LogP contribution in [0.2, 0.25) is 0 Å². The molecule has 70 valence electrons. The Morgan fingerprint density at radius 2 is 2.42 bits per heavy atom. The van der Waals surface area contributed by atoms with E-state index in [4.69, 9.17) is 4.74 Å². The SMILES string of the molecule is COCC/C(C)=C1/CCCNC1. The summed E-state index contributed by atoms with van der Waals surface area (Å²) in [5, 5.41) is 3.39. The monoisotopic (exact) mass is 169 g/mol. The number of hydrogen-bond acceptors (Lipinski definition) is 2. The van der Waals surface area contributed by atoms with Crippen molar-refractivity contribution in [2.45, 2.75) is 26.2 Å². The number of nitrogens with one attached hydrogen (secondary N) is 1. The fourth-order valence-corrected chi connectivity index (χ4v) is 1.55. The minimum absolute atomic E-state index is 0.856. The highest BCUT2D eigenvalue weighted by atomic mass is 16.5. The van der Waals surface area contributed by atoms with E-state index in [1.807, 2.05) is 0 Å². The van der Waals surface area contributed by atoms with Crippen LogP contribution in [0.25, 0.3) is 0 Å². The quantitative estimate of drug-likeness (QED) is 0.650. The maximum atomic E-state index is 5.05. The van der Waals surface area contributed by atoms with Crippen molar-refractivity contribution >= 4 is 0 Å². The smallest absolute Gasteiger partial charge is 0.0499 e. The lowest BCUT2D eigenvalue weighted by Crippen LogP contribution is -2.24. The van der Waals surface area contributed by atoms with Gasteiger partial charge in [-0.05, 0) is 32.7 Å². The molecule has 1 heterocycles. The van der Waals surface area contributed by atoms with Crippen LogP contribution in [0.15, 0.2) is 11.1 Å². The molecule has 1 saturated heterocycles. The van der Waals surface area contributed by atoms with Crippen LogP contribution in [-0.4, -0.2) is 26.8 Å². The van der Waals surface area contributed by atoms with Gasteiger partial charge in [-0.2, -0.15) is 0 Å². The molecule has 0 aromatic heterocycles. The maximum Gasteiger partial charge on any atom is 0.0499 e. The Morgan fingerprint density at radius 3 is 3.00 bits per heavy atom. The van der Waals surface area contributed by atoms with E-state index in [9.17, 15) is 0 Å². The van der Waals surface area contributed by atoms with Crippen molar-refractivity contribution in [3.63, 3.8) is 0 Å². The van der Waals surface area contributed by atoms with Gasteiger partial charge in [0.25, 0.3) is 0 Å². The number of rotatable bonds is 3. The van der Waals surface area contributed by atoms with E-state index in [0.717, 1.165) is 19.6 Å². The fraction of sp³-hybridized carbons (Fsp3) is 0.800. The van der Waals surface area contributed by atoms with Gasteiger partial charge in [0.2, 0.25) is 0 Å². The summed E-state index contributed by atoms with van der Waals surface area (Å²) >= 11 is 0. The summed E-state index contributed by atoms with van der Waals surface area (Å²) in [5.41, 5.74) is 3.11. The Morgan fingerprint density at radius 1 is 1.58 bits per heavy atom. The largest absolute Gasteiger partial charge is 0.384 e. The number of piperidine rings is 1. The van der Waals surface area contributed by atoms with Crippen molar-refractivity contribution in [1.82, 2.24) is 5.32 Å². The first-order valence-corrected chi connectivity index (χ1v) is 4.71. The van der Waals surface area contributed by atoms with Crippen LogP contribution < -0.4 is 5.32 Å². The molecule has 2 nitrogen and oxygen atoms in total. The molecule has 0 aliphatic carbocycles. The number of ether oxygens (including phenoxy) is 1. The molecule has 1 aliphatic heterocycles. The molecule has 1 rings (SSSR count). The lowest BCUT2D eigenvalue weighted by Gasteiger charge is -2.18. The Hall–Kier alpha value is -0.340. The zero-order valence-electron chi connectivity index (χ0n) is 8.15. The first-order valence-electron chi connectivity index (χ1n) is 4.71. The van der Waals surface area contributed by atoms with Crippen molar-refractivity contribution in [2.24, 2.45) is 0 Å². The summed E-state index contributed by atoms with van der Waals surface area (Å²) in [6.07, 6.45) is 3.66. The minimum atomic E-state index is 0.856. The van der Waals surface area contributed by atoms with Crippen LogP contribution >= 0.6 is 0 Å². The van der Waals surface area contributed by atoms with Crippen LogP contribution in [0.1, 0.15) is 26.2 Å². The van der Waals surface area contributed by atoms with Crippen LogP contribution in [0, 0.1) is 0 Å². The number of hydrogen-bond donors (Lipinski definition) is 1. The standard InChI is InChI=1S/C10H19NO/c1-9(5-7-12-2)10-4-3-6-11-8-10/h11H,3-8H2,1-2H3/b10-9-. The second-order valence-electron chi connectivity index (χ2n) is 3.41. The lowest BCUT2D eigenvalue weighted by molar-refractivity contribution is 0.202. The highest BCUT2D eigenvalue weighted by Gasteiger charge is 2.06. The number of methoxy groups -OCH3 is 1. The van der Waals surface area contributed by atoms with Crippen molar-refractivity contribution in [1.29, 1.82) is 0 Å². The van der Waals surface area contributed by atoms with Gasteiger partial charge in [0.05, 0.1) is 0 Å². The minimum Gasteiger partial charge on any atom is -0.384 e. The molecule has 1 aliphatic rings. The van der Waals surface area contributed by atoms with Gasteiger partial charge in [0.15, 0.2) is 0 Å². The molecule has 0 atom stereocenters. The van der Waals surface area contributed by atoms with Crippen LogP contribution in [0.3, 0.4) is 0 Å². The van der Waals surface area contributed by atoms with Crippen LogP contribution in [-0.2, 0) is 4.74 Å². The molecule has 0 aromatic carbocycles. The van der Waals surface area contributed by atoms with Crippen molar-refractivity contribution in [2.75, 3.05) is 26.8 Å². The maximum absolute atomic E-state index is 5.05. The Kier molecular flexibility index (Phi) is 4.33. The van der Waals surface area contributed by atoms with Crippen LogP contribution in [0.5, 0.6) is 0 Å². The van der Waals surface area contributed by atoms with E-state index in [-0.39, 0.29) is 0 Å². The second-order valence-corrected chi connectivity index (χ2v) is 3.41. The summed E-state index contributed by atoms with van der Waals surface area (Å²) in [7, 11) is 1.76. The van der Waals surface area contributed by atoms with E-state index >= 15 is 0 Å². The summed E-state index contributed by atoms with van der Waals surface area (Å²) in [5.74, 6) is 0. The Bertz CT molecular complexity index is 155. The molecule has 0 aromatic rings. The molecular formula is C10H19NO. The predicted octanol–water partition coefficient (Wildman–Crippen LogP) is 1.72.